The summed E-state index contributed by atoms with van der Waals surface area (Å²) in [4.78, 5) is 32.2. The number of aromatic nitrogens is 1. The van der Waals surface area contributed by atoms with Gasteiger partial charge in [0.2, 0.25) is 5.91 Å². The van der Waals surface area contributed by atoms with Crippen LogP contribution in [0.4, 0.5) is 0 Å². The fraction of sp³-hybridized carbons (Fsp3) is 0.435. The molecule has 29 heavy (non-hydrogen) atoms. The molecule has 1 aliphatic heterocycles. The second kappa shape index (κ2) is 7.95. The van der Waals surface area contributed by atoms with Crippen LogP contribution in [0.15, 0.2) is 48.7 Å². The molecule has 1 aromatic heterocycles. The van der Waals surface area contributed by atoms with Crippen molar-refractivity contribution in [3.63, 3.8) is 0 Å². The zero-order chi connectivity index (χ0) is 20.4. The molecule has 6 heteroatoms. The SMILES string of the molecule is CNC(=O)[C@]12C[C@@H](NC(=O)c3ncccc3C)C[C@H]1CN(Cc1ccccc1)C2. The van der Waals surface area contributed by atoms with E-state index < -0.39 is 5.41 Å². The Morgan fingerprint density at radius 3 is 2.72 bits per heavy atom. The Kier molecular flexibility index (Phi) is 5.37. The van der Waals surface area contributed by atoms with Crippen molar-refractivity contribution in [1.82, 2.24) is 20.5 Å². The fourth-order valence-electron chi connectivity index (χ4n) is 5.12. The monoisotopic (exact) mass is 392 g/mol. The summed E-state index contributed by atoms with van der Waals surface area (Å²) in [6.07, 6.45) is 3.12. The molecule has 1 saturated carbocycles. The lowest BCUT2D eigenvalue weighted by molar-refractivity contribution is -0.131. The largest absolute Gasteiger partial charge is 0.359 e. The fourth-order valence-corrected chi connectivity index (χ4v) is 5.12. The molecule has 2 amide bonds. The van der Waals surface area contributed by atoms with Crippen LogP contribution in [0.1, 0.15) is 34.5 Å². The van der Waals surface area contributed by atoms with Gasteiger partial charge in [-0.3, -0.25) is 19.5 Å². The maximum absolute atomic E-state index is 12.9. The quantitative estimate of drug-likeness (QED) is 0.818. The van der Waals surface area contributed by atoms with Gasteiger partial charge in [0.15, 0.2) is 0 Å². The van der Waals surface area contributed by atoms with Crippen LogP contribution in [-0.4, -0.2) is 47.9 Å². The van der Waals surface area contributed by atoms with Crippen LogP contribution in [0.25, 0.3) is 0 Å². The highest BCUT2D eigenvalue weighted by Gasteiger charge is 2.57. The van der Waals surface area contributed by atoms with Gasteiger partial charge in [0, 0.05) is 38.9 Å². The summed E-state index contributed by atoms with van der Waals surface area (Å²) < 4.78 is 0. The molecule has 1 saturated heterocycles. The number of benzene rings is 1. The third-order valence-corrected chi connectivity index (χ3v) is 6.43. The van der Waals surface area contributed by atoms with E-state index in [-0.39, 0.29) is 23.8 Å². The number of carbonyl (C=O) groups excluding carboxylic acids is 2. The second-order valence-corrected chi connectivity index (χ2v) is 8.37. The van der Waals surface area contributed by atoms with Crippen molar-refractivity contribution in [2.45, 2.75) is 32.4 Å². The molecule has 2 heterocycles. The number of rotatable bonds is 5. The first-order valence-electron chi connectivity index (χ1n) is 10.2. The average molecular weight is 393 g/mol. The molecule has 2 aromatic rings. The minimum absolute atomic E-state index is 0.00918. The van der Waals surface area contributed by atoms with E-state index in [1.165, 1.54) is 5.56 Å². The van der Waals surface area contributed by atoms with Crippen LogP contribution >= 0.6 is 0 Å². The predicted octanol–water partition coefficient (Wildman–Crippen LogP) is 2.15. The van der Waals surface area contributed by atoms with E-state index in [1.54, 1.807) is 13.2 Å². The number of fused-ring (bicyclic) bond motifs is 1. The molecule has 6 nitrogen and oxygen atoms in total. The van der Waals surface area contributed by atoms with Gasteiger partial charge >= 0.3 is 0 Å². The van der Waals surface area contributed by atoms with Crippen molar-refractivity contribution in [2.75, 3.05) is 20.1 Å². The number of hydrogen-bond acceptors (Lipinski definition) is 4. The van der Waals surface area contributed by atoms with Gasteiger partial charge in [0.05, 0.1) is 5.41 Å². The molecule has 0 radical (unpaired) electrons. The molecule has 1 aliphatic carbocycles. The molecule has 0 bridgehead atoms. The van der Waals surface area contributed by atoms with Crippen molar-refractivity contribution < 1.29 is 9.59 Å². The van der Waals surface area contributed by atoms with Crippen molar-refractivity contribution >= 4 is 11.8 Å². The van der Waals surface area contributed by atoms with E-state index in [4.69, 9.17) is 0 Å². The van der Waals surface area contributed by atoms with Crippen LogP contribution < -0.4 is 10.6 Å². The smallest absolute Gasteiger partial charge is 0.270 e. The Bertz CT molecular complexity index is 901. The van der Waals surface area contributed by atoms with Gasteiger partial charge in [0.25, 0.3) is 5.91 Å². The normalized spacial score (nSPS) is 26.1. The van der Waals surface area contributed by atoms with Gasteiger partial charge in [0.1, 0.15) is 5.69 Å². The highest BCUT2D eigenvalue weighted by atomic mass is 16.2. The minimum Gasteiger partial charge on any atom is -0.359 e. The van der Waals surface area contributed by atoms with Crippen molar-refractivity contribution in [1.29, 1.82) is 0 Å². The molecule has 2 fully saturated rings. The maximum Gasteiger partial charge on any atom is 0.270 e. The summed E-state index contributed by atoms with van der Waals surface area (Å²) in [6, 6.07) is 14.1. The Morgan fingerprint density at radius 2 is 2.00 bits per heavy atom. The summed E-state index contributed by atoms with van der Waals surface area (Å²) in [5.74, 6) is 0.173. The number of hydrogen-bond donors (Lipinski definition) is 2. The Balaban J connectivity index is 1.47. The van der Waals surface area contributed by atoms with Crippen LogP contribution in [0.2, 0.25) is 0 Å². The number of nitrogens with one attached hydrogen (secondary N) is 2. The third kappa shape index (κ3) is 3.77. The summed E-state index contributed by atoms with van der Waals surface area (Å²) in [6.45, 7) is 4.33. The van der Waals surface area contributed by atoms with Crippen molar-refractivity contribution in [2.24, 2.45) is 11.3 Å². The van der Waals surface area contributed by atoms with Crippen LogP contribution in [0.5, 0.6) is 0 Å². The molecule has 2 N–H and O–H groups in total. The zero-order valence-electron chi connectivity index (χ0n) is 17.0. The first-order chi connectivity index (χ1) is 14.0. The van der Waals surface area contributed by atoms with Crippen LogP contribution in [-0.2, 0) is 11.3 Å². The lowest BCUT2D eigenvalue weighted by Gasteiger charge is -2.27. The molecule has 0 spiro atoms. The third-order valence-electron chi connectivity index (χ3n) is 6.43. The summed E-state index contributed by atoms with van der Waals surface area (Å²) in [7, 11) is 1.71. The number of amides is 2. The summed E-state index contributed by atoms with van der Waals surface area (Å²) >= 11 is 0. The highest BCUT2D eigenvalue weighted by Crippen LogP contribution is 2.49. The molecule has 4 rings (SSSR count). The van der Waals surface area contributed by atoms with Gasteiger partial charge < -0.3 is 10.6 Å². The number of nitrogens with zero attached hydrogens (tertiary/aromatic N) is 2. The van der Waals surface area contributed by atoms with E-state index in [0.29, 0.717) is 12.1 Å². The van der Waals surface area contributed by atoms with Crippen LogP contribution in [0.3, 0.4) is 0 Å². The predicted molar refractivity (Wildman–Crippen MR) is 111 cm³/mol. The zero-order valence-corrected chi connectivity index (χ0v) is 17.0. The standard InChI is InChI=1S/C23H28N4O2/c1-16-7-6-10-25-20(16)21(28)26-19-11-18-14-27(13-17-8-4-3-5-9-17)15-23(18,12-19)22(29)24-2/h3-10,18-19H,11-15H2,1-2H3,(H,24,29)(H,26,28)/t18-,19-,23-/m0/s1. The summed E-state index contributed by atoms with van der Waals surface area (Å²) in [5.41, 5.74) is 2.14. The topological polar surface area (TPSA) is 74.3 Å². The molecular weight excluding hydrogens is 364 g/mol. The van der Waals surface area contributed by atoms with Gasteiger partial charge in [-0.15, -0.1) is 0 Å². The maximum atomic E-state index is 12.9. The van der Waals surface area contributed by atoms with Gasteiger partial charge in [-0.25, -0.2) is 0 Å². The van der Waals surface area contributed by atoms with Gasteiger partial charge in [-0.1, -0.05) is 36.4 Å². The lowest BCUT2D eigenvalue weighted by Crippen LogP contribution is -2.44. The number of aryl methyl sites for hydroxylation is 1. The molecule has 1 aromatic carbocycles. The van der Waals surface area contributed by atoms with E-state index in [9.17, 15) is 9.59 Å². The number of pyridine rings is 1. The van der Waals surface area contributed by atoms with E-state index in [2.05, 4.69) is 32.7 Å². The van der Waals surface area contributed by atoms with Crippen LogP contribution in [0, 0.1) is 18.3 Å². The number of likely N-dealkylation sites (tertiary alicyclic amines) is 1. The van der Waals surface area contributed by atoms with Gasteiger partial charge in [-0.05, 0) is 42.9 Å². The first-order valence-corrected chi connectivity index (χ1v) is 10.2. The Labute approximate surface area is 171 Å². The highest BCUT2D eigenvalue weighted by molar-refractivity contribution is 5.94. The second-order valence-electron chi connectivity index (χ2n) is 8.37. The first kappa shape index (κ1) is 19.6. The summed E-state index contributed by atoms with van der Waals surface area (Å²) in [5, 5.41) is 6.01. The average Bonchev–Trinajstić information content (AvgIpc) is 3.22. The Morgan fingerprint density at radius 1 is 1.21 bits per heavy atom. The molecule has 152 valence electrons. The van der Waals surface area contributed by atoms with Gasteiger partial charge in [-0.2, -0.15) is 0 Å². The Hall–Kier alpha value is -2.73. The van der Waals surface area contributed by atoms with E-state index >= 15 is 0 Å². The minimum atomic E-state index is -0.444. The molecule has 2 aliphatic rings. The van der Waals surface area contributed by atoms with Crippen molar-refractivity contribution in [3.8, 4) is 0 Å². The number of carbonyl (C=O) groups is 2. The lowest BCUT2D eigenvalue weighted by atomic mass is 9.80. The molecular formula is C23H28N4O2. The van der Waals surface area contributed by atoms with Crippen molar-refractivity contribution in [3.05, 3.63) is 65.5 Å². The van der Waals surface area contributed by atoms with E-state index in [0.717, 1.165) is 31.6 Å². The molecule has 0 unspecified atom stereocenters. The van der Waals surface area contributed by atoms with E-state index in [1.807, 2.05) is 37.3 Å². The molecule has 3 atom stereocenters.